The smallest absolute Gasteiger partial charge is 0.338 e. The number of halogens is 1. The lowest BCUT2D eigenvalue weighted by molar-refractivity contribution is -0.135. The molecule has 13 heteroatoms. The van der Waals surface area contributed by atoms with Crippen molar-refractivity contribution in [3.8, 4) is 0 Å². The number of nitrogens with zero attached hydrogens (tertiary/aromatic N) is 2. The minimum Gasteiger partial charge on any atom is -0.452 e. The van der Waals surface area contributed by atoms with Gasteiger partial charge in [0.05, 0.1) is 15.4 Å². The van der Waals surface area contributed by atoms with Crippen LogP contribution < -0.4 is 4.72 Å². The molecule has 1 heterocycles. The van der Waals surface area contributed by atoms with E-state index in [4.69, 9.17) is 16.3 Å². The number of rotatable bonds is 7. The summed E-state index contributed by atoms with van der Waals surface area (Å²) < 4.78 is 57.7. The Balaban J connectivity index is 1.55. The first-order chi connectivity index (χ1) is 15.5. The van der Waals surface area contributed by atoms with Gasteiger partial charge in [-0.15, -0.1) is 0 Å². The van der Waals surface area contributed by atoms with Gasteiger partial charge in [-0.2, -0.15) is 4.31 Å². The molecule has 0 radical (unpaired) electrons. The lowest BCUT2D eigenvalue weighted by Crippen LogP contribution is -2.51. The first-order valence-electron chi connectivity index (χ1n) is 9.79. The first kappa shape index (κ1) is 25.1. The SMILES string of the molecule is CNS(=O)(=O)c1cccc(C(=O)OCC(=O)N2CCN(S(=O)(=O)c3ccc(Cl)cc3)CC2)c1. The Labute approximate surface area is 197 Å². The maximum absolute atomic E-state index is 12.7. The molecule has 1 amide bonds. The zero-order chi connectivity index (χ0) is 24.2. The zero-order valence-corrected chi connectivity index (χ0v) is 20.0. The van der Waals surface area contributed by atoms with E-state index in [0.717, 1.165) is 6.07 Å². The Morgan fingerprint density at radius 1 is 0.970 bits per heavy atom. The lowest BCUT2D eigenvalue weighted by Gasteiger charge is -2.33. The van der Waals surface area contributed by atoms with Gasteiger partial charge in [-0.25, -0.2) is 26.4 Å². The molecule has 0 spiro atoms. The second kappa shape index (κ2) is 10.2. The third kappa shape index (κ3) is 5.89. The molecule has 10 nitrogen and oxygen atoms in total. The van der Waals surface area contributed by atoms with Crippen molar-refractivity contribution >= 4 is 43.5 Å². The van der Waals surface area contributed by atoms with Gasteiger partial charge in [0.25, 0.3) is 5.91 Å². The molecule has 0 atom stereocenters. The topological polar surface area (TPSA) is 130 Å². The molecule has 0 bridgehead atoms. The fourth-order valence-electron chi connectivity index (χ4n) is 3.14. The highest BCUT2D eigenvalue weighted by molar-refractivity contribution is 7.89. The summed E-state index contributed by atoms with van der Waals surface area (Å²) in [5.41, 5.74) is -0.0157. The van der Waals surface area contributed by atoms with Crippen molar-refractivity contribution in [3.63, 3.8) is 0 Å². The number of esters is 1. The number of carbonyl (C=O) groups is 2. The number of carbonyl (C=O) groups excluding carboxylic acids is 2. The van der Waals surface area contributed by atoms with E-state index in [1.807, 2.05) is 0 Å². The zero-order valence-electron chi connectivity index (χ0n) is 17.6. The van der Waals surface area contributed by atoms with Crippen LogP contribution in [0.3, 0.4) is 0 Å². The lowest BCUT2D eigenvalue weighted by atomic mass is 10.2. The normalized spacial score (nSPS) is 15.3. The van der Waals surface area contributed by atoms with Gasteiger partial charge in [-0.05, 0) is 49.5 Å². The van der Waals surface area contributed by atoms with Gasteiger partial charge in [0, 0.05) is 31.2 Å². The van der Waals surface area contributed by atoms with Gasteiger partial charge >= 0.3 is 5.97 Å². The van der Waals surface area contributed by atoms with Crippen LogP contribution in [0.15, 0.2) is 58.3 Å². The summed E-state index contributed by atoms with van der Waals surface area (Å²) in [6.07, 6.45) is 0. The summed E-state index contributed by atoms with van der Waals surface area (Å²) in [6.45, 7) is -0.0902. The molecule has 0 aliphatic carbocycles. The fraction of sp³-hybridized carbons (Fsp3) is 0.300. The molecular weight excluding hydrogens is 494 g/mol. The van der Waals surface area contributed by atoms with E-state index in [9.17, 15) is 26.4 Å². The third-order valence-electron chi connectivity index (χ3n) is 5.02. The summed E-state index contributed by atoms with van der Waals surface area (Å²) in [5, 5.41) is 0.425. The van der Waals surface area contributed by atoms with Crippen LogP contribution in [0.2, 0.25) is 5.02 Å². The number of hydrogen-bond acceptors (Lipinski definition) is 7. The second-order valence-electron chi connectivity index (χ2n) is 7.05. The van der Waals surface area contributed by atoms with Crippen LogP contribution in [0.25, 0.3) is 0 Å². The number of nitrogens with one attached hydrogen (secondary N) is 1. The van der Waals surface area contributed by atoms with E-state index >= 15 is 0 Å². The van der Waals surface area contributed by atoms with Crippen LogP contribution in [0.5, 0.6) is 0 Å². The predicted octanol–water partition coefficient (Wildman–Crippen LogP) is 0.938. The Morgan fingerprint density at radius 3 is 2.21 bits per heavy atom. The van der Waals surface area contributed by atoms with Gasteiger partial charge in [0.2, 0.25) is 20.0 Å². The van der Waals surface area contributed by atoms with Crippen molar-refractivity contribution in [1.82, 2.24) is 13.9 Å². The monoisotopic (exact) mass is 515 g/mol. The molecule has 1 aliphatic heterocycles. The van der Waals surface area contributed by atoms with E-state index in [1.165, 1.54) is 58.7 Å². The average Bonchev–Trinajstić information content (AvgIpc) is 2.82. The van der Waals surface area contributed by atoms with E-state index in [0.29, 0.717) is 5.02 Å². The molecule has 2 aromatic rings. The van der Waals surface area contributed by atoms with E-state index in [2.05, 4.69) is 4.72 Å². The standard InChI is InChI=1S/C20H22ClN3O7S2/c1-22-32(27,28)18-4-2-3-15(13-18)20(26)31-14-19(25)23-9-11-24(12-10-23)33(29,30)17-7-5-16(21)6-8-17/h2-8,13,22H,9-12,14H2,1H3. The Morgan fingerprint density at radius 2 is 1.61 bits per heavy atom. The Hall–Kier alpha value is -2.51. The van der Waals surface area contributed by atoms with Gasteiger partial charge in [-0.1, -0.05) is 17.7 Å². The van der Waals surface area contributed by atoms with Crippen molar-refractivity contribution in [3.05, 3.63) is 59.1 Å². The maximum Gasteiger partial charge on any atom is 0.338 e. The summed E-state index contributed by atoms with van der Waals surface area (Å²) in [5.74, 6) is -1.33. The molecule has 3 rings (SSSR count). The van der Waals surface area contributed by atoms with Crippen LogP contribution >= 0.6 is 11.6 Å². The Bertz CT molecular complexity index is 1240. The molecule has 2 aromatic carbocycles. The molecule has 1 fully saturated rings. The van der Waals surface area contributed by atoms with Crippen molar-refractivity contribution in [2.45, 2.75) is 9.79 Å². The summed E-state index contributed by atoms with van der Waals surface area (Å²) in [7, 11) is -6.20. The van der Waals surface area contributed by atoms with Gasteiger partial charge < -0.3 is 9.64 Å². The minimum absolute atomic E-state index is 0.0157. The number of hydrogen-bond donors (Lipinski definition) is 1. The largest absolute Gasteiger partial charge is 0.452 e. The molecule has 1 N–H and O–H groups in total. The number of amides is 1. The maximum atomic E-state index is 12.7. The molecule has 0 unspecified atom stereocenters. The summed E-state index contributed by atoms with van der Waals surface area (Å²) >= 11 is 5.81. The van der Waals surface area contributed by atoms with Crippen molar-refractivity contribution in [2.75, 3.05) is 39.8 Å². The third-order valence-corrected chi connectivity index (χ3v) is 8.60. The van der Waals surface area contributed by atoms with Crippen molar-refractivity contribution < 1.29 is 31.2 Å². The highest BCUT2D eigenvalue weighted by Gasteiger charge is 2.30. The van der Waals surface area contributed by atoms with Crippen LogP contribution in [0.4, 0.5) is 0 Å². The molecule has 0 aromatic heterocycles. The van der Waals surface area contributed by atoms with Gasteiger partial charge in [0.15, 0.2) is 6.61 Å². The number of benzene rings is 2. The predicted molar refractivity (Wildman–Crippen MR) is 120 cm³/mol. The Kier molecular flexibility index (Phi) is 7.75. The molecular formula is C20H22ClN3O7S2. The quantitative estimate of drug-likeness (QED) is 0.543. The van der Waals surface area contributed by atoms with Gasteiger partial charge in [-0.3, -0.25) is 4.79 Å². The summed E-state index contributed by atoms with van der Waals surface area (Å²) in [6, 6.07) is 11.1. The number of ether oxygens (including phenoxy) is 1. The average molecular weight is 516 g/mol. The van der Waals surface area contributed by atoms with Crippen molar-refractivity contribution in [1.29, 1.82) is 0 Å². The van der Waals surface area contributed by atoms with Gasteiger partial charge in [0.1, 0.15) is 0 Å². The van der Waals surface area contributed by atoms with E-state index in [-0.39, 0.29) is 41.5 Å². The van der Waals surface area contributed by atoms with Crippen LogP contribution in [-0.2, 0) is 29.6 Å². The molecule has 1 saturated heterocycles. The summed E-state index contributed by atoms with van der Waals surface area (Å²) in [4.78, 5) is 26.1. The second-order valence-corrected chi connectivity index (χ2v) is 11.3. The number of piperazine rings is 1. The molecule has 1 aliphatic rings. The van der Waals surface area contributed by atoms with Crippen LogP contribution in [0.1, 0.15) is 10.4 Å². The van der Waals surface area contributed by atoms with Crippen molar-refractivity contribution in [2.24, 2.45) is 0 Å². The highest BCUT2D eigenvalue weighted by atomic mass is 35.5. The molecule has 33 heavy (non-hydrogen) atoms. The van der Waals surface area contributed by atoms with E-state index in [1.54, 1.807) is 0 Å². The molecule has 0 saturated carbocycles. The number of sulfonamides is 2. The first-order valence-corrected chi connectivity index (χ1v) is 13.1. The fourth-order valence-corrected chi connectivity index (χ4v) is 5.47. The van der Waals surface area contributed by atoms with E-state index < -0.39 is 38.5 Å². The van der Waals surface area contributed by atoms with Crippen LogP contribution in [-0.4, -0.2) is 77.8 Å². The van der Waals surface area contributed by atoms with Crippen LogP contribution in [0, 0.1) is 0 Å². The minimum atomic E-state index is -3.74. The highest BCUT2D eigenvalue weighted by Crippen LogP contribution is 2.20. The molecule has 178 valence electrons.